The molecule has 1 fully saturated rings. The molecule has 1 saturated carbocycles. The molecule has 5 heteroatoms. The maximum Gasteiger partial charge on any atom is 0.408 e. The van der Waals surface area contributed by atoms with Crippen molar-refractivity contribution in [2.75, 3.05) is 6.61 Å². The molecule has 1 unspecified atom stereocenters. The van der Waals surface area contributed by atoms with Crippen molar-refractivity contribution >= 4 is 12.1 Å². The van der Waals surface area contributed by atoms with Crippen LogP contribution < -0.4 is 5.32 Å². The fourth-order valence-electron chi connectivity index (χ4n) is 4.84. The van der Waals surface area contributed by atoms with E-state index in [1.807, 2.05) is 38.1 Å². The highest BCUT2D eigenvalue weighted by molar-refractivity contribution is 5.86. The molecule has 2 aliphatic rings. The summed E-state index contributed by atoms with van der Waals surface area (Å²) in [5, 5.41) is 12.5. The number of aliphatic carboxylic acids is 1. The Labute approximate surface area is 164 Å². The molecule has 0 aliphatic heterocycles. The zero-order valence-corrected chi connectivity index (χ0v) is 16.2. The highest BCUT2D eigenvalue weighted by Crippen LogP contribution is 2.47. The quantitative estimate of drug-likeness (QED) is 0.817. The summed E-state index contributed by atoms with van der Waals surface area (Å²) in [7, 11) is 0. The van der Waals surface area contributed by atoms with Crippen LogP contribution in [0.15, 0.2) is 48.5 Å². The van der Waals surface area contributed by atoms with E-state index in [0.717, 1.165) is 35.1 Å². The van der Waals surface area contributed by atoms with Gasteiger partial charge in [0.2, 0.25) is 0 Å². The highest BCUT2D eigenvalue weighted by atomic mass is 16.5. The first-order valence-electron chi connectivity index (χ1n) is 9.72. The molecule has 4 rings (SSSR count). The predicted octanol–water partition coefficient (Wildman–Crippen LogP) is 4.56. The van der Waals surface area contributed by atoms with E-state index < -0.39 is 23.0 Å². The fraction of sp³-hybridized carbons (Fsp3) is 0.391. The number of carboxylic acid groups (broad SMARTS) is 1. The van der Waals surface area contributed by atoms with E-state index in [0.29, 0.717) is 6.42 Å². The number of carbonyl (C=O) groups excluding carboxylic acids is 1. The number of carboxylic acids is 1. The Morgan fingerprint density at radius 1 is 1.04 bits per heavy atom. The van der Waals surface area contributed by atoms with Gasteiger partial charge in [-0.15, -0.1) is 0 Å². The summed E-state index contributed by atoms with van der Waals surface area (Å²) in [5.74, 6) is -1.04. The van der Waals surface area contributed by atoms with Crippen LogP contribution in [0.3, 0.4) is 0 Å². The van der Waals surface area contributed by atoms with Gasteiger partial charge in [-0.05, 0) is 46.9 Å². The first kappa shape index (κ1) is 18.5. The molecule has 5 nitrogen and oxygen atoms in total. The van der Waals surface area contributed by atoms with Crippen molar-refractivity contribution in [2.24, 2.45) is 5.41 Å². The monoisotopic (exact) mass is 379 g/mol. The van der Waals surface area contributed by atoms with Gasteiger partial charge in [0.05, 0.1) is 0 Å². The Balaban J connectivity index is 1.52. The third-order valence-corrected chi connectivity index (χ3v) is 6.53. The van der Waals surface area contributed by atoms with Crippen LogP contribution in [-0.2, 0) is 9.53 Å². The Hall–Kier alpha value is -2.82. The molecular formula is C23H25NO4. The minimum Gasteiger partial charge on any atom is -0.479 e. The summed E-state index contributed by atoms with van der Waals surface area (Å²) in [6, 6.07) is 16.2. The van der Waals surface area contributed by atoms with Gasteiger partial charge < -0.3 is 15.2 Å². The zero-order chi connectivity index (χ0) is 19.9. The smallest absolute Gasteiger partial charge is 0.408 e. The molecule has 2 aromatic carbocycles. The predicted molar refractivity (Wildman–Crippen MR) is 106 cm³/mol. The van der Waals surface area contributed by atoms with Gasteiger partial charge in [0.1, 0.15) is 12.1 Å². The minimum atomic E-state index is -1.28. The number of alkyl carbamates (subject to hydrolysis) is 1. The zero-order valence-electron chi connectivity index (χ0n) is 16.2. The van der Waals surface area contributed by atoms with E-state index >= 15 is 0 Å². The second-order valence-electron chi connectivity index (χ2n) is 8.40. The molecule has 0 aromatic heterocycles. The van der Waals surface area contributed by atoms with Crippen LogP contribution in [0, 0.1) is 5.41 Å². The van der Waals surface area contributed by atoms with Crippen LogP contribution in [0.2, 0.25) is 0 Å². The van der Waals surface area contributed by atoms with Crippen molar-refractivity contribution < 1.29 is 19.4 Å². The molecular weight excluding hydrogens is 354 g/mol. The van der Waals surface area contributed by atoms with Gasteiger partial charge in [-0.3, -0.25) is 0 Å². The van der Waals surface area contributed by atoms with E-state index in [2.05, 4.69) is 29.6 Å². The maximum absolute atomic E-state index is 12.6. The van der Waals surface area contributed by atoms with Crippen molar-refractivity contribution in [3.05, 3.63) is 59.7 Å². The SMILES string of the molecule is CC1(C)CCCC1(NC(=O)OCC1c2ccccc2-c2ccccc21)C(=O)O. The molecule has 0 heterocycles. The standard InChI is InChI=1S/C23H25NO4/c1-22(2)12-7-13-23(22,20(25)26)24-21(27)28-14-19-17-10-5-3-8-15(17)16-9-4-6-11-18(16)19/h3-6,8-11,19H,7,12-14H2,1-2H3,(H,24,27)(H,25,26). The molecule has 2 aliphatic carbocycles. The maximum atomic E-state index is 12.6. The Morgan fingerprint density at radius 2 is 1.61 bits per heavy atom. The van der Waals surface area contributed by atoms with E-state index in [1.54, 1.807) is 0 Å². The lowest BCUT2D eigenvalue weighted by Crippen LogP contribution is -2.60. The number of amides is 1. The lowest BCUT2D eigenvalue weighted by Gasteiger charge is -2.37. The summed E-state index contributed by atoms with van der Waals surface area (Å²) >= 11 is 0. The summed E-state index contributed by atoms with van der Waals surface area (Å²) in [4.78, 5) is 24.6. The lowest BCUT2D eigenvalue weighted by atomic mass is 9.75. The van der Waals surface area contributed by atoms with Crippen molar-refractivity contribution in [1.29, 1.82) is 0 Å². The second-order valence-corrected chi connectivity index (χ2v) is 8.40. The fourth-order valence-corrected chi connectivity index (χ4v) is 4.84. The first-order chi connectivity index (χ1) is 13.4. The van der Waals surface area contributed by atoms with Crippen LogP contribution >= 0.6 is 0 Å². The van der Waals surface area contributed by atoms with Crippen LogP contribution in [0.1, 0.15) is 50.2 Å². The molecule has 0 spiro atoms. The van der Waals surface area contributed by atoms with E-state index in [9.17, 15) is 14.7 Å². The van der Waals surface area contributed by atoms with Crippen molar-refractivity contribution in [1.82, 2.24) is 5.32 Å². The lowest BCUT2D eigenvalue weighted by molar-refractivity contribution is -0.148. The molecule has 2 aromatic rings. The summed E-state index contributed by atoms with van der Waals surface area (Å²) < 4.78 is 5.56. The molecule has 1 amide bonds. The van der Waals surface area contributed by atoms with Crippen LogP contribution in [0.25, 0.3) is 11.1 Å². The largest absolute Gasteiger partial charge is 0.479 e. The Bertz CT molecular complexity index is 890. The van der Waals surface area contributed by atoms with Gasteiger partial charge in [-0.1, -0.05) is 62.4 Å². The topological polar surface area (TPSA) is 75.6 Å². The number of benzene rings is 2. The van der Waals surface area contributed by atoms with Crippen LogP contribution in [0.4, 0.5) is 4.79 Å². The Kier molecular flexibility index (Phi) is 4.41. The summed E-state index contributed by atoms with van der Waals surface area (Å²) in [5.41, 5.74) is 2.77. The first-order valence-corrected chi connectivity index (χ1v) is 9.72. The van der Waals surface area contributed by atoms with Gasteiger partial charge in [-0.2, -0.15) is 0 Å². The molecule has 2 N–H and O–H groups in total. The molecule has 28 heavy (non-hydrogen) atoms. The molecule has 0 bridgehead atoms. The number of nitrogens with one attached hydrogen (secondary N) is 1. The average molecular weight is 379 g/mol. The van der Waals surface area contributed by atoms with Crippen LogP contribution in [0.5, 0.6) is 0 Å². The highest BCUT2D eigenvalue weighted by Gasteiger charge is 2.56. The third kappa shape index (κ3) is 2.77. The molecule has 1 atom stereocenters. The van der Waals surface area contributed by atoms with Gasteiger partial charge in [-0.25, -0.2) is 9.59 Å². The number of hydrogen-bond donors (Lipinski definition) is 2. The minimum absolute atomic E-state index is 0.0458. The van der Waals surface area contributed by atoms with E-state index in [4.69, 9.17) is 4.74 Å². The van der Waals surface area contributed by atoms with E-state index in [1.165, 1.54) is 0 Å². The van der Waals surface area contributed by atoms with Gasteiger partial charge in [0, 0.05) is 5.92 Å². The van der Waals surface area contributed by atoms with Crippen molar-refractivity contribution in [3.8, 4) is 11.1 Å². The Morgan fingerprint density at radius 3 is 2.11 bits per heavy atom. The summed E-state index contributed by atoms with van der Waals surface area (Å²) in [6.45, 7) is 3.95. The van der Waals surface area contributed by atoms with Crippen molar-refractivity contribution in [2.45, 2.75) is 44.6 Å². The molecule has 0 radical (unpaired) electrons. The number of ether oxygens (including phenoxy) is 1. The second kappa shape index (κ2) is 6.66. The van der Waals surface area contributed by atoms with Crippen LogP contribution in [-0.4, -0.2) is 29.3 Å². The molecule has 0 saturated heterocycles. The number of carbonyl (C=O) groups is 2. The average Bonchev–Trinajstić information content (AvgIpc) is 3.15. The number of fused-ring (bicyclic) bond motifs is 3. The summed E-state index contributed by atoms with van der Waals surface area (Å²) in [6.07, 6.45) is 1.27. The van der Waals surface area contributed by atoms with Gasteiger partial charge in [0.25, 0.3) is 0 Å². The van der Waals surface area contributed by atoms with E-state index in [-0.39, 0.29) is 12.5 Å². The number of hydrogen-bond acceptors (Lipinski definition) is 3. The van der Waals surface area contributed by atoms with Gasteiger partial charge >= 0.3 is 12.1 Å². The molecule has 146 valence electrons. The normalized spacial score (nSPS) is 22.4. The number of rotatable bonds is 4. The van der Waals surface area contributed by atoms with Crippen molar-refractivity contribution in [3.63, 3.8) is 0 Å². The van der Waals surface area contributed by atoms with Gasteiger partial charge in [0.15, 0.2) is 0 Å². The third-order valence-electron chi connectivity index (χ3n) is 6.53.